The molecule has 1 atom stereocenters. The summed E-state index contributed by atoms with van der Waals surface area (Å²) in [4.78, 5) is 13.2. The Bertz CT molecular complexity index is 1170. The second-order valence-electron chi connectivity index (χ2n) is 7.44. The summed E-state index contributed by atoms with van der Waals surface area (Å²) in [5.74, 6) is 0.0404. The normalized spacial score (nSPS) is 16.7. The van der Waals surface area contributed by atoms with Crippen molar-refractivity contribution >= 4 is 15.9 Å². The molecule has 4 rings (SSSR count). The molecule has 1 amide bonds. The lowest BCUT2D eigenvalue weighted by molar-refractivity contribution is -0.125. The molecule has 154 valence electrons. The number of hydrogen-bond acceptors (Lipinski definition) is 4. The fraction of sp³-hybridized carbons (Fsp3) is 0.208. The number of sulfonamides is 1. The van der Waals surface area contributed by atoms with Crippen molar-refractivity contribution in [1.82, 2.24) is 4.31 Å². The first kappa shape index (κ1) is 20.2. The van der Waals surface area contributed by atoms with Gasteiger partial charge in [0.1, 0.15) is 5.75 Å². The predicted molar refractivity (Wildman–Crippen MR) is 115 cm³/mol. The van der Waals surface area contributed by atoms with Crippen LogP contribution in [0, 0.1) is 6.92 Å². The van der Waals surface area contributed by atoms with Crippen molar-refractivity contribution in [3.8, 4) is 5.75 Å². The third-order valence-electron chi connectivity index (χ3n) is 5.53. The van der Waals surface area contributed by atoms with Crippen LogP contribution in [0.2, 0.25) is 0 Å². The number of carbonyl (C=O) groups is 1. The molecular weight excluding hydrogens is 398 g/mol. The molecule has 0 aliphatic carbocycles. The average molecular weight is 422 g/mol. The monoisotopic (exact) mass is 421 g/mol. The number of hydrogen-bond donors (Lipinski definition) is 0. The van der Waals surface area contributed by atoms with Gasteiger partial charge in [0, 0.05) is 12.5 Å². The number of amides is 1. The number of ether oxygens (including phenoxy) is 1. The third kappa shape index (κ3) is 3.71. The molecule has 0 fully saturated rings. The molecular formula is C24H23NO4S. The maximum absolute atomic E-state index is 13.4. The van der Waals surface area contributed by atoms with Crippen molar-refractivity contribution in [3.63, 3.8) is 0 Å². The second kappa shape index (κ2) is 7.95. The molecule has 0 saturated carbocycles. The van der Waals surface area contributed by atoms with Crippen molar-refractivity contribution in [2.75, 3.05) is 13.7 Å². The minimum Gasteiger partial charge on any atom is -0.497 e. The van der Waals surface area contributed by atoms with E-state index in [4.69, 9.17) is 4.74 Å². The number of benzene rings is 3. The van der Waals surface area contributed by atoms with E-state index in [0.717, 1.165) is 32.3 Å². The smallest absolute Gasteiger partial charge is 0.266 e. The summed E-state index contributed by atoms with van der Waals surface area (Å²) >= 11 is 0. The standard InChI is InChI=1S/C24H23NO4S/c1-17-7-13-21(14-8-17)30(27,28)25-16-23(18-9-11-20(29-2)12-10-18)22-6-4-3-5-19(22)15-24(25)26/h3-14,23H,15-16H2,1-2H3. The second-order valence-corrected chi connectivity index (χ2v) is 9.31. The highest BCUT2D eigenvalue weighted by atomic mass is 32.2. The third-order valence-corrected chi connectivity index (χ3v) is 7.33. The van der Waals surface area contributed by atoms with Gasteiger partial charge in [0.05, 0.1) is 18.4 Å². The SMILES string of the molecule is COc1ccc(C2CN(S(=O)(=O)c3ccc(C)cc3)C(=O)Cc3ccccc32)cc1. The maximum Gasteiger partial charge on any atom is 0.266 e. The lowest BCUT2D eigenvalue weighted by Gasteiger charge is -2.25. The van der Waals surface area contributed by atoms with Crippen LogP contribution in [-0.4, -0.2) is 32.3 Å². The van der Waals surface area contributed by atoms with Gasteiger partial charge in [0.2, 0.25) is 5.91 Å². The molecule has 0 radical (unpaired) electrons. The highest BCUT2D eigenvalue weighted by Crippen LogP contribution is 2.34. The summed E-state index contributed by atoms with van der Waals surface area (Å²) in [7, 11) is -2.36. The number of nitrogens with zero attached hydrogens (tertiary/aromatic N) is 1. The first-order chi connectivity index (χ1) is 14.4. The molecule has 3 aromatic carbocycles. The van der Waals surface area contributed by atoms with E-state index in [1.165, 1.54) is 0 Å². The first-order valence-corrected chi connectivity index (χ1v) is 11.2. The topological polar surface area (TPSA) is 63.7 Å². The summed E-state index contributed by atoms with van der Waals surface area (Å²) in [6.45, 7) is 1.95. The number of carbonyl (C=O) groups excluding carboxylic acids is 1. The lowest BCUT2D eigenvalue weighted by atomic mass is 9.88. The van der Waals surface area contributed by atoms with Crippen molar-refractivity contribution in [2.24, 2.45) is 0 Å². The van der Waals surface area contributed by atoms with Gasteiger partial charge in [-0.1, -0.05) is 54.1 Å². The Balaban J connectivity index is 1.80. The Hall–Kier alpha value is -3.12. The first-order valence-electron chi connectivity index (χ1n) is 9.74. The molecule has 1 heterocycles. The fourth-order valence-electron chi connectivity index (χ4n) is 3.84. The van der Waals surface area contributed by atoms with E-state index in [1.54, 1.807) is 31.4 Å². The van der Waals surface area contributed by atoms with Gasteiger partial charge in [-0.3, -0.25) is 4.79 Å². The molecule has 5 nitrogen and oxygen atoms in total. The van der Waals surface area contributed by atoms with Gasteiger partial charge in [-0.25, -0.2) is 12.7 Å². The van der Waals surface area contributed by atoms with Gasteiger partial charge in [0.15, 0.2) is 0 Å². The van der Waals surface area contributed by atoms with Crippen molar-refractivity contribution in [3.05, 3.63) is 95.1 Å². The Morgan fingerprint density at radius 3 is 2.27 bits per heavy atom. The minimum atomic E-state index is -3.96. The van der Waals surface area contributed by atoms with Gasteiger partial charge in [-0.05, 0) is 47.9 Å². The maximum atomic E-state index is 13.4. The van der Waals surface area contributed by atoms with Crippen LogP contribution >= 0.6 is 0 Å². The summed E-state index contributed by atoms with van der Waals surface area (Å²) in [5, 5.41) is 0. The zero-order valence-electron chi connectivity index (χ0n) is 16.9. The zero-order chi connectivity index (χ0) is 21.3. The average Bonchev–Trinajstić information content (AvgIpc) is 2.90. The van der Waals surface area contributed by atoms with Crippen molar-refractivity contribution in [1.29, 1.82) is 0 Å². The van der Waals surface area contributed by atoms with Crippen LogP contribution in [0.15, 0.2) is 77.7 Å². The Morgan fingerprint density at radius 1 is 0.933 bits per heavy atom. The zero-order valence-corrected chi connectivity index (χ0v) is 17.7. The van der Waals surface area contributed by atoms with Crippen LogP contribution in [0.5, 0.6) is 5.75 Å². The highest BCUT2D eigenvalue weighted by molar-refractivity contribution is 7.89. The molecule has 1 aliphatic heterocycles. The largest absolute Gasteiger partial charge is 0.497 e. The van der Waals surface area contributed by atoms with Gasteiger partial charge in [-0.15, -0.1) is 0 Å². The van der Waals surface area contributed by atoms with E-state index in [0.29, 0.717) is 0 Å². The summed E-state index contributed by atoms with van der Waals surface area (Å²) in [6.07, 6.45) is 0.0495. The Morgan fingerprint density at radius 2 is 1.60 bits per heavy atom. The van der Waals surface area contributed by atoms with Crippen LogP contribution in [0.25, 0.3) is 0 Å². The molecule has 0 spiro atoms. The summed E-state index contributed by atoms with van der Waals surface area (Å²) in [6, 6.07) is 21.8. The van der Waals surface area contributed by atoms with Crippen LogP contribution in [0.4, 0.5) is 0 Å². The van der Waals surface area contributed by atoms with Crippen LogP contribution in [0.1, 0.15) is 28.2 Å². The van der Waals surface area contributed by atoms with Crippen LogP contribution in [-0.2, 0) is 21.2 Å². The molecule has 6 heteroatoms. The molecule has 1 unspecified atom stereocenters. The van der Waals surface area contributed by atoms with Gasteiger partial charge >= 0.3 is 0 Å². The fourth-order valence-corrected chi connectivity index (χ4v) is 5.26. The molecule has 0 bridgehead atoms. The highest BCUT2D eigenvalue weighted by Gasteiger charge is 2.36. The molecule has 1 aliphatic rings. The summed E-state index contributed by atoms with van der Waals surface area (Å²) < 4.78 is 33.0. The van der Waals surface area contributed by atoms with Gasteiger partial charge in [-0.2, -0.15) is 0 Å². The number of methoxy groups -OCH3 is 1. The molecule has 30 heavy (non-hydrogen) atoms. The van der Waals surface area contributed by atoms with Gasteiger partial charge in [0.25, 0.3) is 10.0 Å². The number of fused-ring (bicyclic) bond motifs is 1. The number of aryl methyl sites for hydroxylation is 1. The Kier molecular flexibility index (Phi) is 5.35. The molecule has 0 aromatic heterocycles. The van der Waals surface area contributed by atoms with E-state index in [9.17, 15) is 13.2 Å². The molecule has 0 N–H and O–H groups in total. The van der Waals surface area contributed by atoms with E-state index in [2.05, 4.69) is 0 Å². The van der Waals surface area contributed by atoms with E-state index < -0.39 is 15.9 Å². The molecule has 0 saturated heterocycles. The van der Waals surface area contributed by atoms with Gasteiger partial charge < -0.3 is 4.74 Å². The summed E-state index contributed by atoms with van der Waals surface area (Å²) in [5.41, 5.74) is 3.71. The quantitative estimate of drug-likeness (QED) is 0.641. The Labute approximate surface area is 177 Å². The van der Waals surface area contributed by atoms with Crippen LogP contribution in [0.3, 0.4) is 0 Å². The molecule has 3 aromatic rings. The van der Waals surface area contributed by atoms with E-state index >= 15 is 0 Å². The number of rotatable bonds is 4. The van der Waals surface area contributed by atoms with Crippen LogP contribution < -0.4 is 4.74 Å². The predicted octanol–water partition coefficient (Wildman–Crippen LogP) is 3.91. The van der Waals surface area contributed by atoms with Crippen molar-refractivity contribution in [2.45, 2.75) is 24.2 Å². The van der Waals surface area contributed by atoms with Crippen molar-refractivity contribution < 1.29 is 17.9 Å². The van der Waals surface area contributed by atoms with E-state index in [1.807, 2.05) is 55.5 Å². The lowest BCUT2D eigenvalue weighted by Crippen LogP contribution is -2.39. The minimum absolute atomic E-state index is 0.0495. The van der Waals surface area contributed by atoms with E-state index in [-0.39, 0.29) is 23.8 Å².